The Morgan fingerprint density at radius 2 is 1.88 bits per heavy atom. The van der Waals surface area contributed by atoms with Crippen LogP contribution in [0.15, 0.2) is 42.6 Å². The average Bonchev–Trinajstić information content (AvgIpc) is 2.61. The number of carbonyl (C=O) groups excluding carboxylic acids is 1. The van der Waals surface area contributed by atoms with Gasteiger partial charge in [0, 0.05) is 43.8 Å². The smallest absolute Gasteiger partial charge is 0.272 e. The molecule has 0 radical (unpaired) electrons. The van der Waals surface area contributed by atoms with Crippen LogP contribution in [0.4, 0.5) is 11.4 Å². The maximum Gasteiger partial charge on any atom is 0.272 e. The van der Waals surface area contributed by atoms with E-state index in [1.807, 2.05) is 29.2 Å². The fourth-order valence-corrected chi connectivity index (χ4v) is 2.94. The van der Waals surface area contributed by atoms with Crippen molar-refractivity contribution in [3.05, 3.63) is 53.9 Å². The Balaban J connectivity index is 1.69. The van der Waals surface area contributed by atoms with Gasteiger partial charge < -0.3 is 15.1 Å². The Morgan fingerprint density at radius 1 is 1.12 bits per heavy atom. The maximum atomic E-state index is 12.7. The number of benzene rings is 1. The van der Waals surface area contributed by atoms with Gasteiger partial charge in [-0.3, -0.25) is 9.78 Å². The van der Waals surface area contributed by atoms with Gasteiger partial charge >= 0.3 is 0 Å². The third-order valence-electron chi connectivity index (χ3n) is 4.39. The maximum absolute atomic E-state index is 12.7. The average molecular weight is 324 g/mol. The van der Waals surface area contributed by atoms with E-state index in [0.29, 0.717) is 5.69 Å². The van der Waals surface area contributed by atoms with Crippen LogP contribution in [0.1, 0.15) is 23.0 Å². The third-order valence-corrected chi connectivity index (χ3v) is 4.39. The molecule has 1 saturated heterocycles. The molecule has 0 saturated carbocycles. The number of aromatic nitrogens is 1. The number of aryl methyl sites for hydroxylation is 1. The van der Waals surface area contributed by atoms with Crippen molar-refractivity contribution in [2.75, 3.05) is 38.0 Å². The molecule has 2 aromatic rings. The molecule has 5 heteroatoms. The summed E-state index contributed by atoms with van der Waals surface area (Å²) in [5, 5.41) is 3.34. The van der Waals surface area contributed by atoms with Crippen molar-refractivity contribution in [1.29, 1.82) is 0 Å². The predicted octanol–water partition coefficient (Wildman–Crippen LogP) is 2.91. The van der Waals surface area contributed by atoms with Gasteiger partial charge in [-0.25, -0.2) is 0 Å². The zero-order valence-electron chi connectivity index (χ0n) is 14.3. The van der Waals surface area contributed by atoms with Crippen LogP contribution in [0, 0.1) is 6.92 Å². The molecule has 0 aliphatic carbocycles. The normalized spacial score (nSPS) is 15.3. The van der Waals surface area contributed by atoms with Crippen molar-refractivity contribution in [1.82, 2.24) is 14.8 Å². The number of anilines is 2. The topological polar surface area (TPSA) is 48.5 Å². The zero-order chi connectivity index (χ0) is 16.9. The summed E-state index contributed by atoms with van der Waals surface area (Å²) in [5.41, 5.74) is 3.58. The van der Waals surface area contributed by atoms with Crippen molar-refractivity contribution >= 4 is 17.3 Å². The van der Waals surface area contributed by atoms with Gasteiger partial charge in [-0.2, -0.15) is 0 Å². The van der Waals surface area contributed by atoms with Gasteiger partial charge in [0.2, 0.25) is 0 Å². The van der Waals surface area contributed by atoms with Crippen LogP contribution in [0.25, 0.3) is 0 Å². The second-order valence-electron chi connectivity index (χ2n) is 6.15. The van der Waals surface area contributed by atoms with Crippen LogP contribution in [0.3, 0.4) is 0 Å². The Labute approximate surface area is 143 Å². The molecule has 24 heavy (non-hydrogen) atoms. The fraction of sp³-hybridized carbons (Fsp3) is 0.368. The van der Waals surface area contributed by atoms with Gasteiger partial charge in [0.25, 0.3) is 5.91 Å². The summed E-state index contributed by atoms with van der Waals surface area (Å²) >= 11 is 0. The molecule has 5 nitrogen and oxygen atoms in total. The van der Waals surface area contributed by atoms with Crippen molar-refractivity contribution in [2.24, 2.45) is 0 Å². The SMILES string of the molecule is CCN1CCN(C(=O)c2cc(Nc3cccc(C)c3)ccn2)CC1. The summed E-state index contributed by atoms with van der Waals surface area (Å²) in [7, 11) is 0. The molecule has 0 unspecified atom stereocenters. The number of hydrogen-bond acceptors (Lipinski definition) is 4. The first-order valence-corrected chi connectivity index (χ1v) is 8.47. The number of amides is 1. The van der Waals surface area contributed by atoms with Crippen LogP contribution in [0.5, 0.6) is 0 Å². The van der Waals surface area contributed by atoms with E-state index in [1.54, 1.807) is 6.20 Å². The molecule has 1 aromatic heterocycles. The summed E-state index contributed by atoms with van der Waals surface area (Å²) in [6.45, 7) is 8.65. The minimum Gasteiger partial charge on any atom is -0.355 e. The Morgan fingerprint density at radius 3 is 2.58 bits per heavy atom. The summed E-state index contributed by atoms with van der Waals surface area (Å²) in [6, 6.07) is 11.9. The lowest BCUT2D eigenvalue weighted by atomic mass is 10.2. The molecule has 1 aliphatic rings. The van der Waals surface area contributed by atoms with E-state index in [-0.39, 0.29) is 5.91 Å². The number of nitrogens with zero attached hydrogens (tertiary/aromatic N) is 3. The van der Waals surface area contributed by atoms with E-state index in [9.17, 15) is 4.79 Å². The number of carbonyl (C=O) groups is 1. The van der Waals surface area contributed by atoms with E-state index < -0.39 is 0 Å². The fourth-order valence-electron chi connectivity index (χ4n) is 2.94. The van der Waals surface area contributed by atoms with Gasteiger partial charge in [0.05, 0.1) is 0 Å². The minimum atomic E-state index is 0.0126. The van der Waals surface area contributed by atoms with Gasteiger partial charge in [-0.15, -0.1) is 0 Å². The van der Waals surface area contributed by atoms with Gasteiger partial charge in [-0.05, 0) is 43.3 Å². The van der Waals surface area contributed by atoms with Gasteiger partial charge in [-0.1, -0.05) is 19.1 Å². The molecule has 1 aromatic carbocycles. The lowest BCUT2D eigenvalue weighted by Gasteiger charge is -2.33. The van der Waals surface area contributed by atoms with Crippen LogP contribution in [-0.4, -0.2) is 53.4 Å². The second-order valence-corrected chi connectivity index (χ2v) is 6.15. The minimum absolute atomic E-state index is 0.0126. The molecule has 1 fully saturated rings. The first kappa shape index (κ1) is 16.5. The molecule has 0 spiro atoms. The standard InChI is InChI=1S/C19H24N4O/c1-3-22-9-11-23(12-10-22)19(24)18-14-17(7-8-20-18)21-16-6-4-5-15(2)13-16/h4-8,13-14H,3,9-12H2,1-2H3,(H,20,21). The highest BCUT2D eigenvalue weighted by atomic mass is 16.2. The highest BCUT2D eigenvalue weighted by Gasteiger charge is 2.22. The Bertz CT molecular complexity index is 708. The summed E-state index contributed by atoms with van der Waals surface area (Å²) in [4.78, 5) is 21.2. The first-order valence-electron chi connectivity index (χ1n) is 8.47. The largest absolute Gasteiger partial charge is 0.355 e. The molecule has 1 aliphatic heterocycles. The number of likely N-dealkylation sites (N-methyl/N-ethyl adjacent to an activating group) is 1. The number of rotatable bonds is 4. The molecular weight excluding hydrogens is 300 g/mol. The van der Waals surface area contributed by atoms with E-state index in [1.165, 1.54) is 5.56 Å². The van der Waals surface area contributed by atoms with Gasteiger partial charge in [0.15, 0.2) is 0 Å². The highest BCUT2D eigenvalue weighted by molar-refractivity contribution is 5.93. The van der Waals surface area contributed by atoms with Crippen molar-refractivity contribution < 1.29 is 4.79 Å². The van der Waals surface area contributed by atoms with E-state index in [0.717, 1.165) is 44.1 Å². The predicted molar refractivity (Wildman–Crippen MR) is 96.7 cm³/mol. The van der Waals surface area contributed by atoms with E-state index in [2.05, 4.69) is 41.2 Å². The summed E-state index contributed by atoms with van der Waals surface area (Å²) in [6.07, 6.45) is 1.69. The number of hydrogen-bond donors (Lipinski definition) is 1. The van der Waals surface area contributed by atoms with Crippen LogP contribution in [0.2, 0.25) is 0 Å². The van der Waals surface area contributed by atoms with E-state index in [4.69, 9.17) is 0 Å². The molecule has 3 rings (SSSR count). The number of piperazine rings is 1. The lowest BCUT2D eigenvalue weighted by Crippen LogP contribution is -2.48. The first-order chi connectivity index (χ1) is 11.7. The Hall–Kier alpha value is -2.40. The summed E-state index contributed by atoms with van der Waals surface area (Å²) < 4.78 is 0. The van der Waals surface area contributed by atoms with Crippen LogP contribution in [-0.2, 0) is 0 Å². The van der Waals surface area contributed by atoms with Gasteiger partial charge in [0.1, 0.15) is 5.69 Å². The van der Waals surface area contributed by atoms with Crippen LogP contribution < -0.4 is 5.32 Å². The molecule has 126 valence electrons. The zero-order valence-corrected chi connectivity index (χ0v) is 14.3. The quantitative estimate of drug-likeness (QED) is 0.939. The molecule has 0 bridgehead atoms. The summed E-state index contributed by atoms with van der Waals surface area (Å²) in [5.74, 6) is 0.0126. The molecule has 1 N–H and O–H groups in total. The molecule has 1 amide bonds. The van der Waals surface area contributed by atoms with Crippen molar-refractivity contribution in [2.45, 2.75) is 13.8 Å². The molecular formula is C19H24N4O. The van der Waals surface area contributed by atoms with Crippen LogP contribution >= 0.6 is 0 Å². The number of pyridine rings is 1. The highest BCUT2D eigenvalue weighted by Crippen LogP contribution is 2.18. The third kappa shape index (κ3) is 3.92. The second kappa shape index (κ2) is 7.45. The lowest BCUT2D eigenvalue weighted by molar-refractivity contribution is 0.0637. The molecule has 0 atom stereocenters. The molecule has 2 heterocycles. The number of nitrogens with one attached hydrogen (secondary N) is 1. The van der Waals surface area contributed by atoms with E-state index >= 15 is 0 Å². The Kier molecular flexibility index (Phi) is 5.11. The van der Waals surface area contributed by atoms with Crippen molar-refractivity contribution in [3.8, 4) is 0 Å². The monoisotopic (exact) mass is 324 g/mol. The van der Waals surface area contributed by atoms with Crippen molar-refractivity contribution in [3.63, 3.8) is 0 Å².